The first kappa shape index (κ1) is 85.6. The van der Waals surface area contributed by atoms with E-state index in [1.165, 1.54) is 28.7 Å². The average molecular weight is 1680 g/mol. The number of carbonyl (C=O) groups is 3. The predicted molar refractivity (Wildman–Crippen MR) is 483 cm³/mol. The minimum Gasteiger partial charge on any atom is -0.497 e. The van der Waals surface area contributed by atoms with Gasteiger partial charge in [-0.1, -0.05) is 114 Å². The van der Waals surface area contributed by atoms with Crippen LogP contribution in [0, 0.1) is 5.92 Å². The van der Waals surface area contributed by atoms with E-state index in [2.05, 4.69) is 73.1 Å². The lowest BCUT2D eigenvalue weighted by Gasteiger charge is -2.22. The Bertz CT molecular complexity index is 6570. The normalized spacial score (nSPS) is 13.8. The molecule has 1 amide bonds. The molecular weight excluding hydrogens is 1590 g/mol. The van der Waals surface area contributed by atoms with Crippen molar-refractivity contribution in [2.45, 2.75) is 100 Å². The number of Topliss-reactive ketones (excluding diaryl/α,β-unsaturated/α-hetero) is 2. The predicted octanol–water partition coefficient (Wildman–Crippen LogP) is 20.4. The number of hydrogen-bond donors (Lipinski definition) is 2. The number of rotatable bonds is 19. The number of ketones is 2. The number of benzene rings is 8. The average Bonchev–Trinajstić information content (AvgIpc) is 1.69. The highest BCUT2D eigenvalue weighted by Gasteiger charge is 2.37. The van der Waals surface area contributed by atoms with Crippen molar-refractivity contribution in [2.75, 3.05) is 40.9 Å². The van der Waals surface area contributed by atoms with E-state index in [9.17, 15) is 24.0 Å². The smallest absolute Gasteiger partial charge is 0.280 e. The van der Waals surface area contributed by atoms with Crippen molar-refractivity contribution in [1.82, 2.24) is 54.0 Å². The van der Waals surface area contributed by atoms with Gasteiger partial charge in [0.1, 0.15) is 27.8 Å². The molecule has 2 atom stereocenters. The molecule has 1 saturated carbocycles. The van der Waals surface area contributed by atoms with E-state index in [1.54, 1.807) is 62.6 Å². The molecule has 0 spiro atoms. The summed E-state index contributed by atoms with van der Waals surface area (Å²) >= 11 is 2.92. The first-order valence-electron chi connectivity index (χ1n) is 40.3. The maximum Gasteiger partial charge on any atom is 0.280 e. The summed E-state index contributed by atoms with van der Waals surface area (Å²) in [5.41, 5.74) is 13.2. The highest BCUT2D eigenvalue weighted by Crippen LogP contribution is 2.44. The molecule has 8 aromatic heterocycles. The van der Waals surface area contributed by atoms with E-state index in [1.807, 2.05) is 239 Å². The molecule has 0 saturated heterocycles. The number of thiazole rings is 1. The number of aryl methyl sites for hydroxylation is 3. The number of nitrogens with zero attached hydrogens (tertiary/aromatic N) is 10. The van der Waals surface area contributed by atoms with Crippen molar-refractivity contribution >= 4 is 95.5 Å². The van der Waals surface area contributed by atoms with Gasteiger partial charge in [0.25, 0.3) is 17.0 Å². The van der Waals surface area contributed by atoms with E-state index >= 15 is 0 Å². The fraction of sp³-hybridized carbons (Fsp3) is 0.237. The molecule has 8 aromatic carbocycles. The number of H-pyrrole nitrogens is 1. The number of allylic oxidation sites excluding steroid dienone is 1. The van der Waals surface area contributed by atoms with Crippen molar-refractivity contribution in [3.63, 3.8) is 0 Å². The standard InChI is InChI=1S/C23H25N3O3S.C23H23NO3.C18H14N2O3.C17H12N2O2S.C16H20N4O/c1-23(2,3)16-8-6-15(7-9-16)21(27)24-17-10-12-18(13-11-17)30-22-25-19(28-4)14-20(26-22)29-5;1-3-4-5-9-18-17-8-6-7-10-19(17)22-20(21(18)25)24-23(27-22)15-11-13-16(26-2)14-12-15;1-20-14-6-4-3-5-13(14)16-15(18(20)21)19-17(23-16)11-7-9-12(22-2)10-8-11;1-21-11-8-6-10(7-9-11)17-19-14-15(22-17)12-4-2-3-5-13(12)18-16(14)20;1-19-8-6-14(17-19)10-12-4-3-5-13(16(12)21)11-15-7-9-20(2)18-15/h6-14H,1-5H3,(H,24,27);6-8,10-14,18H,3-5,9H2,1-2H3;3-10H,1-2H3;2-9H,1H3,(H,18,20);6-10,13H,3-5,11H2,1-2H3/b;;;;12-10+. The largest absolute Gasteiger partial charge is 0.497 e. The number of fused-ring (bicyclic) bond motifs is 9. The molecule has 8 heterocycles. The fourth-order valence-electron chi connectivity index (χ4n) is 14.5. The summed E-state index contributed by atoms with van der Waals surface area (Å²) in [6.45, 7) is 8.62. The Morgan fingerprint density at radius 3 is 1.85 bits per heavy atom. The van der Waals surface area contributed by atoms with Crippen LogP contribution in [-0.2, 0) is 37.8 Å². The number of nitrogens with one attached hydrogen (secondary N) is 2. The van der Waals surface area contributed by atoms with E-state index < -0.39 is 0 Å². The lowest BCUT2D eigenvalue weighted by molar-refractivity contribution is -0.120. The van der Waals surface area contributed by atoms with Crippen LogP contribution in [-0.4, -0.2) is 107 Å². The lowest BCUT2D eigenvalue weighted by Crippen LogP contribution is -2.23. The molecule has 0 bridgehead atoms. The van der Waals surface area contributed by atoms with Crippen molar-refractivity contribution in [3.8, 4) is 73.8 Å². The Balaban J connectivity index is 0.000000126. The Morgan fingerprint density at radius 1 is 0.618 bits per heavy atom. The molecule has 2 N–H and O–H groups in total. The quantitative estimate of drug-likeness (QED) is 0.0432. The minimum absolute atomic E-state index is 0.0546. The Hall–Kier alpha value is -13.9. The Morgan fingerprint density at radius 2 is 1.23 bits per heavy atom. The van der Waals surface area contributed by atoms with Crippen LogP contribution in [0.5, 0.6) is 29.0 Å². The van der Waals surface area contributed by atoms with Gasteiger partial charge in [-0.25, -0.2) is 15.0 Å². The molecule has 626 valence electrons. The van der Waals surface area contributed by atoms with Gasteiger partial charge >= 0.3 is 0 Å². The molecule has 0 radical (unpaired) electrons. The number of amides is 1. The summed E-state index contributed by atoms with van der Waals surface area (Å²) in [6, 6.07) is 66.8. The SMILES string of the molecule is CCCCCC1C(=O)c2nc(-c3ccc(OC)cc3)oc2-c2ccccc21.COc1cc(OC)nc(Sc2ccc(NC(=O)c3ccc(C(C)(C)C)cc3)cc2)n1.COc1ccc(-c2nc3c(=O)[nH]c4ccccc4c3s2)cc1.COc1ccc(-c2nc3c(=O)n(C)c4ccccc4c3o2)cc1.Cn1ccc(/C=C2\CCCC(Cc3ccn(C)n3)C2=O)n1. The van der Waals surface area contributed by atoms with Crippen LogP contribution in [0.1, 0.15) is 122 Å². The van der Waals surface area contributed by atoms with E-state index in [-0.39, 0.29) is 45.8 Å². The number of pyridine rings is 2. The van der Waals surface area contributed by atoms with Gasteiger partial charge in [0, 0.05) is 106 Å². The fourth-order valence-corrected chi connectivity index (χ4v) is 16.4. The topological polar surface area (TPSA) is 291 Å². The number of unbranched alkanes of at least 4 members (excludes halogenated alkanes) is 2. The highest BCUT2D eigenvalue weighted by molar-refractivity contribution is 7.99. The van der Waals surface area contributed by atoms with Crippen LogP contribution in [0.25, 0.3) is 94.0 Å². The van der Waals surface area contributed by atoms with Gasteiger partial charge in [-0.3, -0.25) is 33.3 Å². The third-order valence-corrected chi connectivity index (χ3v) is 23.2. The molecule has 2 aliphatic carbocycles. The number of aromatic nitrogens is 11. The summed E-state index contributed by atoms with van der Waals surface area (Å²) < 4.78 is 43.9. The zero-order valence-electron chi connectivity index (χ0n) is 70.4. The summed E-state index contributed by atoms with van der Waals surface area (Å²) in [6.07, 6.45) is 13.5. The maximum atomic E-state index is 13.2. The molecule has 1 fully saturated rings. The second-order valence-electron chi connectivity index (χ2n) is 30.5. The summed E-state index contributed by atoms with van der Waals surface area (Å²) in [7, 11) is 13.5. The van der Waals surface area contributed by atoms with Gasteiger partial charge in [-0.05, 0) is 205 Å². The van der Waals surface area contributed by atoms with Crippen LogP contribution in [0.4, 0.5) is 5.69 Å². The van der Waals surface area contributed by atoms with Crippen LogP contribution in [0.15, 0.2) is 259 Å². The molecule has 123 heavy (non-hydrogen) atoms. The second kappa shape index (κ2) is 38.7. The molecule has 0 aliphatic heterocycles. The van der Waals surface area contributed by atoms with Gasteiger partial charge in [0.2, 0.25) is 23.5 Å². The van der Waals surface area contributed by atoms with E-state index in [0.717, 1.165) is 150 Å². The number of para-hydroxylation sites is 2. The van der Waals surface area contributed by atoms with Crippen molar-refractivity contribution < 1.29 is 46.9 Å². The minimum atomic E-state index is -0.165. The van der Waals surface area contributed by atoms with Crippen LogP contribution in [0.3, 0.4) is 0 Å². The molecule has 2 aliphatic rings. The first-order valence-corrected chi connectivity index (χ1v) is 42.0. The number of carbonyl (C=O) groups excluding carboxylic acids is 3. The molecule has 18 rings (SSSR count). The van der Waals surface area contributed by atoms with E-state index in [0.29, 0.717) is 68.0 Å². The van der Waals surface area contributed by atoms with Crippen molar-refractivity contribution in [1.29, 1.82) is 0 Å². The van der Waals surface area contributed by atoms with Gasteiger partial charge in [-0.15, -0.1) is 11.3 Å². The van der Waals surface area contributed by atoms with Gasteiger partial charge < -0.3 is 47.4 Å². The highest BCUT2D eigenvalue weighted by atomic mass is 32.2. The van der Waals surface area contributed by atoms with Gasteiger partial charge in [-0.2, -0.15) is 20.2 Å². The number of anilines is 1. The molecular formula is C97H94N12O12S2. The third kappa shape index (κ3) is 20.1. The summed E-state index contributed by atoms with van der Waals surface area (Å²) in [5, 5.41) is 14.9. The molecule has 26 heteroatoms. The number of hydrogen-bond acceptors (Lipinski definition) is 21. The second-order valence-corrected chi connectivity index (χ2v) is 32.6. The summed E-state index contributed by atoms with van der Waals surface area (Å²) in [4.78, 5) is 89.0. The Labute approximate surface area is 719 Å². The third-order valence-electron chi connectivity index (χ3n) is 21.1. The lowest BCUT2D eigenvalue weighted by atomic mass is 9.80. The zero-order chi connectivity index (χ0) is 86.4. The number of ether oxygens (including phenoxy) is 5. The van der Waals surface area contributed by atoms with Crippen LogP contribution < -0.4 is 40.1 Å². The van der Waals surface area contributed by atoms with Crippen LogP contribution >= 0.6 is 23.1 Å². The number of aromatic amines is 1. The zero-order valence-corrected chi connectivity index (χ0v) is 72.1. The monoisotopic (exact) mass is 1680 g/mol. The van der Waals surface area contributed by atoms with Gasteiger partial charge in [0.15, 0.2) is 39.3 Å². The van der Waals surface area contributed by atoms with Gasteiger partial charge in [0.05, 0.1) is 63.2 Å². The summed E-state index contributed by atoms with van der Waals surface area (Å²) in [5.74, 6) is 4.81. The molecule has 2 unspecified atom stereocenters. The first-order chi connectivity index (χ1) is 59.6. The maximum absolute atomic E-state index is 13.2. The number of methoxy groups -OCH3 is 5. The molecule has 16 aromatic rings. The van der Waals surface area contributed by atoms with Crippen molar-refractivity contribution in [3.05, 3.63) is 285 Å². The van der Waals surface area contributed by atoms with E-state index in [4.69, 9.17) is 32.5 Å². The Kier molecular flexibility index (Phi) is 26.9. The number of oxazole rings is 2. The van der Waals surface area contributed by atoms with Crippen LogP contribution in [0.2, 0.25) is 0 Å². The van der Waals surface area contributed by atoms with Crippen molar-refractivity contribution in [2.24, 2.45) is 27.1 Å². The molecule has 24 nitrogen and oxygen atoms in total.